The van der Waals surface area contributed by atoms with Crippen molar-refractivity contribution in [2.75, 3.05) is 16.8 Å². The molecular weight excluding hydrogens is 236 g/mol. The summed E-state index contributed by atoms with van der Waals surface area (Å²) in [6.45, 7) is 0.553. The van der Waals surface area contributed by atoms with Crippen LogP contribution in [-0.4, -0.2) is 33.2 Å². The van der Waals surface area contributed by atoms with Gasteiger partial charge in [-0.3, -0.25) is 9.48 Å². The Labute approximate surface area is 105 Å². The number of hydrogen-bond acceptors (Lipinski definition) is 4. The maximum Gasteiger partial charge on any atom is 0.219 e. The number of hydrogen-bond donors (Lipinski definition) is 2. The summed E-state index contributed by atoms with van der Waals surface area (Å²) in [5.41, 5.74) is 5.10. The second-order valence-electron chi connectivity index (χ2n) is 4.21. The average molecular weight is 254 g/mol. The summed E-state index contributed by atoms with van der Waals surface area (Å²) in [5, 5.41) is 7.79. The minimum atomic E-state index is -0.292. The van der Waals surface area contributed by atoms with Gasteiger partial charge in [0.1, 0.15) is 5.82 Å². The van der Waals surface area contributed by atoms with Crippen molar-refractivity contribution in [3.8, 4) is 0 Å². The second kappa shape index (κ2) is 5.95. The first-order valence-electron chi connectivity index (χ1n) is 5.90. The highest BCUT2D eigenvalue weighted by Gasteiger charge is 2.14. The lowest BCUT2D eigenvalue weighted by Gasteiger charge is -2.22. The van der Waals surface area contributed by atoms with Crippen LogP contribution in [0.25, 0.3) is 0 Å². The van der Waals surface area contributed by atoms with Crippen molar-refractivity contribution in [1.29, 1.82) is 0 Å². The van der Waals surface area contributed by atoms with E-state index in [2.05, 4.69) is 10.4 Å². The maximum atomic E-state index is 10.7. The van der Waals surface area contributed by atoms with E-state index < -0.39 is 0 Å². The van der Waals surface area contributed by atoms with Crippen LogP contribution in [-0.2, 0) is 11.3 Å². The van der Waals surface area contributed by atoms with Gasteiger partial charge in [0, 0.05) is 31.3 Å². The van der Waals surface area contributed by atoms with E-state index in [0.717, 1.165) is 5.82 Å². The van der Waals surface area contributed by atoms with E-state index in [0.29, 0.717) is 19.0 Å². The number of nitrogens with one attached hydrogen (secondary N) is 1. The highest BCUT2D eigenvalue weighted by atomic mass is 32.2. The molecule has 1 fully saturated rings. The van der Waals surface area contributed by atoms with Crippen LogP contribution in [0.2, 0.25) is 0 Å². The van der Waals surface area contributed by atoms with Gasteiger partial charge in [0.25, 0.3) is 0 Å². The van der Waals surface area contributed by atoms with Crippen LogP contribution in [0.5, 0.6) is 0 Å². The molecule has 0 saturated carbocycles. The molecule has 94 valence electrons. The lowest BCUT2D eigenvalue weighted by molar-refractivity contribution is -0.118. The third-order valence-corrected chi connectivity index (χ3v) is 3.85. The summed E-state index contributed by atoms with van der Waals surface area (Å²) in [6, 6.07) is 2.48. The van der Waals surface area contributed by atoms with Crippen molar-refractivity contribution in [2.24, 2.45) is 5.73 Å². The molecule has 0 aliphatic carbocycles. The van der Waals surface area contributed by atoms with E-state index >= 15 is 0 Å². The van der Waals surface area contributed by atoms with E-state index in [1.807, 2.05) is 24.0 Å². The van der Waals surface area contributed by atoms with Crippen molar-refractivity contribution in [3.63, 3.8) is 0 Å². The summed E-state index contributed by atoms with van der Waals surface area (Å²) < 4.78 is 1.75. The first-order valence-corrected chi connectivity index (χ1v) is 7.05. The molecule has 17 heavy (non-hydrogen) atoms. The monoisotopic (exact) mass is 254 g/mol. The summed E-state index contributed by atoms with van der Waals surface area (Å²) in [4.78, 5) is 10.7. The minimum absolute atomic E-state index is 0.292. The van der Waals surface area contributed by atoms with Crippen molar-refractivity contribution >= 4 is 23.5 Å². The second-order valence-corrected chi connectivity index (χ2v) is 5.44. The number of carbonyl (C=O) groups excluding carboxylic acids is 1. The molecule has 0 atom stereocenters. The van der Waals surface area contributed by atoms with E-state index in [4.69, 9.17) is 5.73 Å². The molecular formula is C11H18N4OS. The van der Waals surface area contributed by atoms with Gasteiger partial charge < -0.3 is 11.1 Å². The van der Waals surface area contributed by atoms with E-state index in [9.17, 15) is 4.79 Å². The van der Waals surface area contributed by atoms with Crippen LogP contribution < -0.4 is 11.1 Å². The Hall–Kier alpha value is -1.17. The van der Waals surface area contributed by atoms with Crippen LogP contribution in [0.3, 0.4) is 0 Å². The number of thioether (sulfide) groups is 1. The van der Waals surface area contributed by atoms with Gasteiger partial charge in [0.05, 0.1) is 0 Å². The maximum absolute atomic E-state index is 10.7. The molecule has 1 amide bonds. The predicted molar refractivity (Wildman–Crippen MR) is 70.0 cm³/mol. The van der Waals surface area contributed by atoms with Crippen LogP contribution in [0.15, 0.2) is 12.3 Å². The Morgan fingerprint density at radius 1 is 1.59 bits per heavy atom. The Bertz CT molecular complexity index is 373. The van der Waals surface area contributed by atoms with E-state index in [1.165, 1.54) is 24.3 Å². The quantitative estimate of drug-likeness (QED) is 0.824. The molecule has 5 nitrogen and oxygen atoms in total. The minimum Gasteiger partial charge on any atom is -0.370 e. The third-order valence-electron chi connectivity index (χ3n) is 2.80. The molecule has 1 aromatic rings. The Balaban J connectivity index is 1.82. The summed E-state index contributed by atoms with van der Waals surface area (Å²) in [7, 11) is 0. The molecule has 1 aliphatic rings. The Morgan fingerprint density at radius 3 is 3.06 bits per heavy atom. The van der Waals surface area contributed by atoms with Crippen molar-refractivity contribution in [3.05, 3.63) is 12.3 Å². The molecule has 0 aromatic carbocycles. The number of anilines is 1. The third kappa shape index (κ3) is 3.96. The van der Waals surface area contributed by atoms with Gasteiger partial charge in [0.15, 0.2) is 0 Å². The summed E-state index contributed by atoms with van der Waals surface area (Å²) >= 11 is 2.01. The van der Waals surface area contributed by atoms with Gasteiger partial charge in [-0.25, -0.2) is 0 Å². The van der Waals surface area contributed by atoms with Crippen molar-refractivity contribution in [1.82, 2.24) is 9.78 Å². The molecule has 0 bridgehead atoms. The summed E-state index contributed by atoms with van der Waals surface area (Å²) in [6.07, 6.45) is 4.60. The fraction of sp³-hybridized carbons (Fsp3) is 0.636. The van der Waals surface area contributed by atoms with Gasteiger partial charge >= 0.3 is 0 Å². The van der Waals surface area contributed by atoms with Gasteiger partial charge in [-0.15, -0.1) is 0 Å². The van der Waals surface area contributed by atoms with Crippen LogP contribution in [0.4, 0.5) is 5.82 Å². The first-order chi connectivity index (χ1) is 8.24. The van der Waals surface area contributed by atoms with Crippen molar-refractivity contribution < 1.29 is 4.79 Å². The number of amides is 1. The zero-order valence-corrected chi connectivity index (χ0v) is 10.6. The normalized spacial score (nSPS) is 16.9. The molecule has 6 heteroatoms. The number of primary amides is 1. The standard InChI is InChI=1S/C11H18N4OS/c12-10(16)1-5-15-6-2-11(14-15)13-9-3-7-17-8-4-9/h2,6,9H,1,3-5,7-8H2,(H2,12,16)(H,13,14). The van der Waals surface area contributed by atoms with Gasteiger partial charge in [-0.1, -0.05) is 0 Å². The van der Waals surface area contributed by atoms with Gasteiger partial charge in [-0.05, 0) is 24.3 Å². The highest BCUT2D eigenvalue weighted by Crippen LogP contribution is 2.20. The SMILES string of the molecule is NC(=O)CCn1ccc(NC2CCSCC2)n1. The van der Waals surface area contributed by atoms with Crippen molar-refractivity contribution in [2.45, 2.75) is 31.8 Å². The van der Waals surface area contributed by atoms with Gasteiger partial charge in [-0.2, -0.15) is 16.9 Å². The zero-order chi connectivity index (χ0) is 12.1. The number of rotatable bonds is 5. The predicted octanol–water partition coefficient (Wildman–Crippen LogP) is 1.07. The molecule has 2 rings (SSSR count). The lowest BCUT2D eigenvalue weighted by atomic mass is 10.1. The number of aryl methyl sites for hydroxylation is 1. The lowest BCUT2D eigenvalue weighted by Crippen LogP contribution is -2.24. The van der Waals surface area contributed by atoms with E-state index in [1.54, 1.807) is 4.68 Å². The number of carbonyl (C=O) groups is 1. The Kier molecular flexibility index (Phi) is 4.30. The Morgan fingerprint density at radius 2 is 2.35 bits per heavy atom. The number of nitrogens with two attached hydrogens (primary N) is 1. The van der Waals surface area contributed by atoms with E-state index in [-0.39, 0.29) is 5.91 Å². The van der Waals surface area contributed by atoms with Crippen LogP contribution in [0.1, 0.15) is 19.3 Å². The molecule has 1 aliphatic heterocycles. The zero-order valence-electron chi connectivity index (χ0n) is 9.76. The fourth-order valence-corrected chi connectivity index (χ4v) is 2.95. The number of nitrogens with zero attached hydrogens (tertiary/aromatic N) is 2. The summed E-state index contributed by atoms with van der Waals surface area (Å²) in [5.74, 6) is 3.05. The molecule has 2 heterocycles. The number of aromatic nitrogens is 2. The molecule has 0 radical (unpaired) electrons. The van der Waals surface area contributed by atoms with Crippen LogP contribution >= 0.6 is 11.8 Å². The molecule has 1 aromatic heterocycles. The largest absolute Gasteiger partial charge is 0.370 e. The molecule has 0 spiro atoms. The van der Waals surface area contributed by atoms with Gasteiger partial charge in [0.2, 0.25) is 5.91 Å². The average Bonchev–Trinajstić information content (AvgIpc) is 2.75. The molecule has 1 saturated heterocycles. The highest BCUT2D eigenvalue weighted by molar-refractivity contribution is 7.99. The molecule has 3 N–H and O–H groups in total. The molecule has 0 unspecified atom stereocenters. The van der Waals surface area contributed by atoms with Crippen LogP contribution in [0, 0.1) is 0 Å². The smallest absolute Gasteiger partial charge is 0.219 e. The first kappa shape index (κ1) is 12.3. The fourth-order valence-electron chi connectivity index (χ4n) is 1.84. The topological polar surface area (TPSA) is 72.9 Å².